The van der Waals surface area contributed by atoms with Gasteiger partial charge >= 0.3 is 5.97 Å². The Balaban J connectivity index is 2.58. The fraction of sp³-hybridized carbons (Fsp3) is 0.0769. The molecule has 0 radical (unpaired) electrons. The van der Waals surface area contributed by atoms with Crippen LogP contribution in [0.2, 0.25) is 0 Å². The molecule has 0 bridgehead atoms. The Labute approximate surface area is 126 Å². The Morgan fingerprint density at radius 3 is 2.71 bits per heavy atom. The summed E-state index contributed by atoms with van der Waals surface area (Å²) in [4.78, 5) is 25.6. The molecule has 1 aromatic carbocycles. The molecular formula is C13H8BrFN2O4. The van der Waals surface area contributed by atoms with Gasteiger partial charge in [0, 0.05) is 22.3 Å². The molecule has 0 aliphatic heterocycles. The molecule has 6 nitrogen and oxygen atoms in total. The van der Waals surface area contributed by atoms with E-state index in [0.29, 0.717) is 4.47 Å². The number of pyridine rings is 1. The Hall–Kier alpha value is -2.35. The molecule has 0 N–H and O–H groups in total. The summed E-state index contributed by atoms with van der Waals surface area (Å²) in [5.41, 5.74) is -0.508. The second-order valence-corrected chi connectivity index (χ2v) is 4.88. The normalized spacial score (nSPS) is 10.2. The highest BCUT2D eigenvalue weighted by molar-refractivity contribution is 9.10. The lowest BCUT2D eigenvalue weighted by molar-refractivity contribution is -0.384. The summed E-state index contributed by atoms with van der Waals surface area (Å²) in [5.74, 6) is -1.49. The fourth-order valence-electron chi connectivity index (χ4n) is 1.73. The van der Waals surface area contributed by atoms with Crippen LogP contribution in [0.4, 0.5) is 10.1 Å². The molecular weight excluding hydrogens is 347 g/mol. The number of rotatable bonds is 3. The predicted octanol–water partition coefficient (Wildman–Crippen LogP) is 3.35. The third kappa shape index (κ3) is 3.05. The number of benzene rings is 1. The standard InChI is InChI=1S/C13H8BrFN2O4/c1-21-13(18)7-2-3-9(10(15)4-7)12-11(17(19)20)5-8(14)6-16-12/h2-6H,1H3. The number of carbonyl (C=O) groups excluding carboxylic acids is 1. The van der Waals surface area contributed by atoms with Crippen molar-refractivity contribution >= 4 is 27.6 Å². The number of hydrogen-bond acceptors (Lipinski definition) is 5. The number of hydrogen-bond donors (Lipinski definition) is 0. The molecule has 0 saturated heterocycles. The number of carbonyl (C=O) groups is 1. The Bertz CT molecular complexity index is 736. The topological polar surface area (TPSA) is 82.3 Å². The van der Waals surface area contributed by atoms with Crippen LogP contribution in [0.15, 0.2) is 34.9 Å². The highest BCUT2D eigenvalue weighted by atomic mass is 79.9. The molecule has 1 heterocycles. The van der Waals surface area contributed by atoms with Gasteiger partial charge in [-0.2, -0.15) is 0 Å². The van der Waals surface area contributed by atoms with E-state index in [1.807, 2.05) is 0 Å². The van der Waals surface area contributed by atoms with Crippen molar-refractivity contribution < 1.29 is 18.8 Å². The minimum absolute atomic E-state index is 0.0125. The first kappa shape index (κ1) is 15.0. The summed E-state index contributed by atoms with van der Waals surface area (Å²) in [5, 5.41) is 11.0. The summed E-state index contributed by atoms with van der Waals surface area (Å²) in [6.45, 7) is 0. The number of nitro groups is 1. The molecule has 108 valence electrons. The van der Waals surface area contributed by atoms with Gasteiger partial charge in [0.1, 0.15) is 5.82 Å². The Morgan fingerprint density at radius 2 is 2.14 bits per heavy atom. The molecule has 1 aromatic heterocycles. The van der Waals surface area contributed by atoms with Crippen LogP contribution < -0.4 is 0 Å². The first-order valence-corrected chi connectivity index (χ1v) is 6.41. The van der Waals surface area contributed by atoms with Gasteiger partial charge in [-0.3, -0.25) is 10.1 Å². The molecule has 8 heteroatoms. The lowest BCUT2D eigenvalue weighted by Gasteiger charge is -2.06. The zero-order valence-corrected chi connectivity index (χ0v) is 12.3. The molecule has 2 aromatic rings. The van der Waals surface area contributed by atoms with E-state index in [1.54, 1.807) is 0 Å². The second kappa shape index (κ2) is 5.96. The van der Waals surface area contributed by atoms with Gasteiger partial charge in [0.05, 0.1) is 17.6 Å². The minimum Gasteiger partial charge on any atom is -0.465 e. The third-order valence-electron chi connectivity index (χ3n) is 2.68. The van der Waals surface area contributed by atoms with Crippen LogP contribution in [-0.4, -0.2) is 23.0 Å². The van der Waals surface area contributed by atoms with E-state index in [-0.39, 0.29) is 22.5 Å². The first-order valence-electron chi connectivity index (χ1n) is 5.62. The van der Waals surface area contributed by atoms with Gasteiger partial charge in [-0.05, 0) is 34.1 Å². The van der Waals surface area contributed by atoms with Gasteiger partial charge in [-0.15, -0.1) is 0 Å². The lowest BCUT2D eigenvalue weighted by Crippen LogP contribution is -2.03. The molecule has 0 amide bonds. The quantitative estimate of drug-likeness (QED) is 0.479. The molecule has 0 atom stereocenters. The van der Waals surface area contributed by atoms with E-state index >= 15 is 0 Å². The number of aromatic nitrogens is 1. The van der Waals surface area contributed by atoms with Crippen LogP contribution in [0.3, 0.4) is 0 Å². The van der Waals surface area contributed by atoms with Crippen molar-refractivity contribution in [3.8, 4) is 11.3 Å². The Morgan fingerprint density at radius 1 is 1.43 bits per heavy atom. The summed E-state index contributed by atoms with van der Waals surface area (Å²) in [6.07, 6.45) is 1.33. The van der Waals surface area contributed by atoms with E-state index < -0.39 is 16.7 Å². The van der Waals surface area contributed by atoms with Crippen LogP contribution in [0.25, 0.3) is 11.3 Å². The minimum atomic E-state index is -0.796. The highest BCUT2D eigenvalue weighted by Crippen LogP contribution is 2.32. The van der Waals surface area contributed by atoms with Gasteiger partial charge in [0.2, 0.25) is 0 Å². The van der Waals surface area contributed by atoms with Crippen LogP contribution in [-0.2, 0) is 4.74 Å². The molecule has 2 rings (SSSR count). The Kier molecular flexibility index (Phi) is 4.27. The smallest absolute Gasteiger partial charge is 0.337 e. The van der Waals surface area contributed by atoms with E-state index in [0.717, 1.165) is 6.07 Å². The zero-order valence-electron chi connectivity index (χ0n) is 10.7. The van der Waals surface area contributed by atoms with E-state index in [4.69, 9.17) is 0 Å². The van der Waals surface area contributed by atoms with Gasteiger partial charge in [-0.25, -0.2) is 14.2 Å². The summed E-state index contributed by atoms with van der Waals surface area (Å²) < 4.78 is 19.0. The summed E-state index contributed by atoms with van der Waals surface area (Å²) in [6, 6.07) is 4.76. The number of methoxy groups -OCH3 is 1. The highest BCUT2D eigenvalue weighted by Gasteiger charge is 2.21. The zero-order chi connectivity index (χ0) is 15.6. The lowest BCUT2D eigenvalue weighted by atomic mass is 10.1. The van der Waals surface area contributed by atoms with Crippen molar-refractivity contribution in [2.24, 2.45) is 0 Å². The van der Waals surface area contributed by atoms with Crippen LogP contribution in [0.5, 0.6) is 0 Å². The SMILES string of the molecule is COC(=O)c1ccc(-c2ncc(Br)cc2[N+](=O)[O-])c(F)c1. The number of ether oxygens (including phenoxy) is 1. The summed E-state index contributed by atoms with van der Waals surface area (Å²) >= 11 is 3.07. The molecule has 0 unspecified atom stereocenters. The van der Waals surface area contributed by atoms with Crippen molar-refractivity contribution in [3.05, 3.63) is 56.4 Å². The molecule has 0 aliphatic rings. The van der Waals surface area contributed by atoms with Crippen LogP contribution in [0, 0.1) is 15.9 Å². The van der Waals surface area contributed by atoms with Gasteiger partial charge in [-0.1, -0.05) is 0 Å². The summed E-state index contributed by atoms with van der Waals surface area (Å²) in [7, 11) is 1.18. The van der Waals surface area contributed by atoms with E-state index in [1.165, 1.54) is 31.5 Å². The van der Waals surface area contributed by atoms with Crippen molar-refractivity contribution in [2.75, 3.05) is 7.11 Å². The first-order chi connectivity index (χ1) is 9.93. The molecule has 0 fully saturated rings. The van der Waals surface area contributed by atoms with Crippen molar-refractivity contribution in [2.45, 2.75) is 0 Å². The van der Waals surface area contributed by atoms with Gasteiger partial charge < -0.3 is 4.74 Å². The van der Waals surface area contributed by atoms with Crippen molar-refractivity contribution in [3.63, 3.8) is 0 Å². The number of esters is 1. The van der Waals surface area contributed by atoms with Crippen LogP contribution >= 0.6 is 15.9 Å². The number of nitrogens with zero attached hydrogens (tertiary/aromatic N) is 2. The maximum absolute atomic E-state index is 14.1. The van der Waals surface area contributed by atoms with Gasteiger partial charge in [0.25, 0.3) is 5.69 Å². The van der Waals surface area contributed by atoms with E-state index in [9.17, 15) is 19.3 Å². The molecule has 21 heavy (non-hydrogen) atoms. The second-order valence-electron chi connectivity index (χ2n) is 3.96. The number of halogens is 2. The van der Waals surface area contributed by atoms with Crippen molar-refractivity contribution in [1.29, 1.82) is 0 Å². The van der Waals surface area contributed by atoms with E-state index in [2.05, 4.69) is 25.7 Å². The fourth-order valence-corrected chi connectivity index (χ4v) is 2.05. The maximum atomic E-state index is 14.1. The molecule has 0 aliphatic carbocycles. The predicted molar refractivity (Wildman–Crippen MR) is 75.3 cm³/mol. The average molecular weight is 355 g/mol. The van der Waals surface area contributed by atoms with Crippen LogP contribution in [0.1, 0.15) is 10.4 Å². The molecule has 0 spiro atoms. The molecule has 0 saturated carbocycles. The van der Waals surface area contributed by atoms with Gasteiger partial charge in [0.15, 0.2) is 5.69 Å². The maximum Gasteiger partial charge on any atom is 0.337 e. The monoisotopic (exact) mass is 354 g/mol. The third-order valence-corrected chi connectivity index (χ3v) is 3.11. The largest absolute Gasteiger partial charge is 0.465 e. The average Bonchev–Trinajstić information content (AvgIpc) is 2.46. The van der Waals surface area contributed by atoms with Crippen molar-refractivity contribution in [1.82, 2.24) is 4.98 Å².